The van der Waals surface area contributed by atoms with Crippen molar-refractivity contribution >= 4 is 34.0 Å². The Labute approximate surface area is 185 Å². The third-order valence-corrected chi connectivity index (χ3v) is 5.09. The molecule has 0 radical (unpaired) electrons. The quantitative estimate of drug-likeness (QED) is 0.382. The fourth-order valence-electron chi connectivity index (χ4n) is 3.14. The lowest BCUT2D eigenvalue weighted by atomic mass is 10.1. The van der Waals surface area contributed by atoms with E-state index in [1.54, 1.807) is 18.2 Å². The van der Waals surface area contributed by atoms with E-state index in [2.05, 4.69) is 20.3 Å². The number of hydrogen-bond acceptors (Lipinski definition) is 6. The molecule has 0 spiro atoms. The van der Waals surface area contributed by atoms with Gasteiger partial charge in [-0.2, -0.15) is 13.2 Å². The van der Waals surface area contributed by atoms with Gasteiger partial charge >= 0.3 is 6.18 Å². The van der Waals surface area contributed by atoms with Gasteiger partial charge < -0.3 is 15.5 Å². The highest BCUT2D eigenvalue weighted by atomic mass is 35.5. The maximum atomic E-state index is 12.8. The summed E-state index contributed by atoms with van der Waals surface area (Å²) in [6.45, 7) is -0.445. The summed E-state index contributed by atoms with van der Waals surface area (Å²) in [6.07, 6.45) is -2.70. The second-order valence-electron chi connectivity index (χ2n) is 6.95. The van der Waals surface area contributed by atoms with Crippen molar-refractivity contribution in [3.8, 4) is 11.3 Å². The van der Waals surface area contributed by atoms with E-state index in [4.69, 9.17) is 16.7 Å². The van der Waals surface area contributed by atoms with Crippen molar-refractivity contribution < 1.29 is 23.4 Å². The number of aliphatic hydroxyl groups is 2. The summed E-state index contributed by atoms with van der Waals surface area (Å²) in [5.41, 5.74) is 1.83. The van der Waals surface area contributed by atoms with E-state index in [1.165, 1.54) is 30.7 Å². The molecule has 4 rings (SSSR count). The third kappa shape index (κ3) is 4.50. The first-order chi connectivity index (χ1) is 15.3. The molecule has 4 aromatic rings. The fourth-order valence-corrected chi connectivity index (χ4v) is 3.42. The van der Waals surface area contributed by atoms with Crippen LogP contribution in [0.25, 0.3) is 22.2 Å². The number of alkyl halides is 3. The molecule has 2 aromatic carbocycles. The van der Waals surface area contributed by atoms with Crippen LogP contribution in [0.4, 0.5) is 24.7 Å². The predicted octanol–water partition coefficient (Wildman–Crippen LogP) is 5.13. The third-order valence-electron chi connectivity index (χ3n) is 4.80. The van der Waals surface area contributed by atoms with Crippen LogP contribution in [-0.2, 0) is 6.18 Å². The summed E-state index contributed by atoms with van der Waals surface area (Å²) in [5.74, 6) is 0.432. The molecule has 32 heavy (non-hydrogen) atoms. The van der Waals surface area contributed by atoms with Gasteiger partial charge in [0, 0.05) is 28.4 Å². The van der Waals surface area contributed by atoms with Crippen molar-refractivity contribution in [2.45, 2.75) is 12.3 Å². The molecule has 0 amide bonds. The summed E-state index contributed by atoms with van der Waals surface area (Å²) in [5, 5.41) is 22.8. The minimum atomic E-state index is -4.40. The zero-order chi connectivity index (χ0) is 22.9. The lowest BCUT2D eigenvalue weighted by Gasteiger charge is -2.12. The highest BCUT2D eigenvalue weighted by molar-refractivity contribution is 6.33. The molecule has 0 aliphatic rings. The average molecular weight is 461 g/mol. The van der Waals surface area contributed by atoms with Gasteiger partial charge in [0.05, 0.1) is 28.4 Å². The van der Waals surface area contributed by atoms with E-state index in [-0.39, 0.29) is 0 Å². The van der Waals surface area contributed by atoms with Gasteiger partial charge in [0.25, 0.3) is 0 Å². The molecule has 0 saturated heterocycles. The Bertz CT molecular complexity index is 1270. The van der Waals surface area contributed by atoms with Crippen molar-refractivity contribution in [3.63, 3.8) is 0 Å². The fraction of sp³-hybridized carbons (Fsp3) is 0.136. The van der Waals surface area contributed by atoms with Gasteiger partial charge in [0.15, 0.2) is 0 Å². The van der Waals surface area contributed by atoms with Crippen molar-refractivity contribution in [3.05, 3.63) is 77.2 Å². The van der Waals surface area contributed by atoms with Crippen LogP contribution in [0, 0.1) is 0 Å². The summed E-state index contributed by atoms with van der Waals surface area (Å²) in [7, 11) is 0. The van der Waals surface area contributed by atoms with Gasteiger partial charge in [0.1, 0.15) is 18.2 Å². The van der Waals surface area contributed by atoms with E-state index in [9.17, 15) is 18.3 Å². The zero-order valence-electron chi connectivity index (χ0n) is 16.3. The minimum Gasteiger partial charge on any atom is -0.393 e. The van der Waals surface area contributed by atoms with E-state index >= 15 is 0 Å². The Morgan fingerprint density at radius 2 is 1.75 bits per heavy atom. The molecule has 0 bridgehead atoms. The number of halogens is 4. The topological polar surface area (TPSA) is 91.2 Å². The number of nitrogens with zero attached hydrogens (tertiary/aromatic N) is 3. The number of fused-ring (bicyclic) bond motifs is 1. The first-order valence-corrected chi connectivity index (χ1v) is 9.78. The van der Waals surface area contributed by atoms with E-state index < -0.39 is 24.5 Å². The highest BCUT2D eigenvalue weighted by Crippen LogP contribution is 2.33. The van der Waals surface area contributed by atoms with Crippen molar-refractivity contribution in [1.82, 2.24) is 15.0 Å². The SMILES string of the molecule is OCC(O)c1cnc(-c2ccc3c(Nc4ccc(C(F)(F)F)cc4)ncnc3c2)c(Cl)c1. The van der Waals surface area contributed by atoms with Gasteiger partial charge in [-0.3, -0.25) is 4.98 Å². The van der Waals surface area contributed by atoms with Crippen LogP contribution in [0.2, 0.25) is 5.02 Å². The number of rotatable bonds is 5. The van der Waals surface area contributed by atoms with Gasteiger partial charge in [-0.05, 0) is 42.5 Å². The number of nitrogens with one attached hydrogen (secondary N) is 1. The van der Waals surface area contributed by atoms with Crippen LogP contribution in [0.1, 0.15) is 17.2 Å². The lowest BCUT2D eigenvalue weighted by Crippen LogP contribution is -2.04. The van der Waals surface area contributed by atoms with Crippen LogP contribution < -0.4 is 5.32 Å². The Hall–Kier alpha value is -3.27. The monoisotopic (exact) mass is 460 g/mol. The molecular weight excluding hydrogens is 445 g/mol. The summed E-state index contributed by atoms with van der Waals surface area (Å²) < 4.78 is 38.3. The van der Waals surface area contributed by atoms with Crippen LogP contribution in [0.5, 0.6) is 0 Å². The second-order valence-corrected chi connectivity index (χ2v) is 7.36. The lowest BCUT2D eigenvalue weighted by molar-refractivity contribution is -0.137. The van der Waals surface area contributed by atoms with Gasteiger partial charge in [-0.25, -0.2) is 9.97 Å². The number of pyridine rings is 1. The van der Waals surface area contributed by atoms with Gasteiger partial charge in [-0.1, -0.05) is 17.7 Å². The molecule has 6 nitrogen and oxygen atoms in total. The number of hydrogen-bond donors (Lipinski definition) is 3. The normalized spacial score (nSPS) is 12.7. The number of anilines is 2. The molecule has 164 valence electrons. The Balaban J connectivity index is 1.64. The Morgan fingerprint density at radius 1 is 1.00 bits per heavy atom. The van der Waals surface area contributed by atoms with Crippen molar-refractivity contribution in [2.75, 3.05) is 11.9 Å². The molecule has 10 heteroatoms. The maximum absolute atomic E-state index is 12.8. The molecule has 3 N–H and O–H groups in total. The first kappa shape index (κ1) is 21.9. The summed E-state index contributed by atoms with van der Waals surface area (Å²) in [6, 6.07) is 11.5. The van der Waals surface area contributed by atoms with Gasteiger partial charge in [0.2, 0.25) is 0 Å². The molecular formula is C22H16ClF3N4O2. The van der Waals surface area contributed by atoms with Crippen molar-refractivity contribution in [1.29, 1.82) is 0 Å². The van der Waals surface area contributed by atoms with Crippen LogP contribution in [0.15, 0.2) is 61.1 Å². The Morgan fingerprint density at radius 3 is 2.41 bits per heavy atom. The molecule has 1 atom stereocenters. The smallest absolute Gasteiger partial charge is 0.393 e. The predicted molar refractivity (Wildman–Crippen MR) is 115 cm³/mol. The zero-order valence-corrected chi connectivity index (χ0v) is 17.1. The maximum Gasteiger partial charge on any atom is 0.416 e. The van der Waals surface area contributed by atoms with Gasteiger partial charge in [-0.15, -0.1) is 0 Å². The standard InChI is InChI=1S/C22H16ClF3N4O2/c23-17-7-13(19(32)10-31)9-27-20(17)12-1-6-16-18(8-12)28-11-29-21(16)30-15-4-2-14(3-5-15)22(24,25)26/h1-9,11,19,31-32H,10H2,(H,28,29,30). The molecule has 0 aliphatic carbocycles. The summed E-state index contributed by atoms with van der Waals surface area (Å²) in [4.78, 5) is 12.7. The number of aromatic nitrogens is 3. The Kier molecular flexibility index (Phi) is 5.96. The number of aliphatic hydroxyl groups excluding tert-OH is 2. The largest absolute Gasteiger partial charge is 0.416 e. The minimum absolute atomic E-state index is 0.298. The molecule has 0 aliphatic heterocycles. The molecule has 1 unspecified atom stereocenters. The van der Waals surface area contributed by atoms with E-state index in [0.29, 0.717) is 44.3 Å². The van der Waals surface area contributed by atoms with E-state index in [1.807, 2.05) is 0 Å². The first-order valence-electron chi connectivity index (χ1n) is 9.40. The van der Waals surface area contributed by atoms with Crippen LogP contribution in [-0.4, -0.2) is 31.8 Å². The highest BCUT2D eigenvalue weighted by Gasteiger charge is 2.30. The number of benzene rings is 2. The second kappa shape index (κ2) is 8.70. The molecule has 2 aromatic heterocycles. The average Bonchev–Trinajstić information content (AvgIpc) is 2.78. The van der Waals surface area contributed by atoms with Crippen LogP contribution in [0.3, 0.4) is 0 Å². The molecule has 0 saturated carbocycles. The molecule has 2 heterocycles. The van der Waals surface area contributed by atoms with E-state index in [0.717, 1.165) is 12.1 Å². The van der Waals surface area contributed by atoms with Crippen molar-refractivity contribution in [2.24, 2.45) is 0 Å². The van der Waals surface area contributed by atoms with Crippen LogP contribution >= 0.6 is 11.6 Å². The summed E-state index contributed by atoms with van der Waals surface area (Å²) >= 11 is 6.32. The molecule has 0 fully saturated rings.